The number of ketones is 1. The molecule has 0 N–H and O–H groups in total. The standard InChI is InChI=1S/C17H16O3/c1-12-8-6-7-11-15(12)17(19)20-13(2)16(18)14-9-4-3-5-10-14/h3-11,13H,1-2H3/t13-/m1/s1. The van der Waals surface area contributed by atoms with Crippen molar-refractivity contribution in [1.29, 1.82) is 0 Å². The van der Waals surface area contributed by atoms with E-state index in [9.17, 15) is 9.59 Å². The van der Waals surface area contributed by atoms with Gasteiger partial charge in [0.2, 0.25) is 5.78 Å². The van der Waals surface area contributed by atoms with Gasteiger partial charge in [-0.3, -0.25) is 4.79 Å². The van der Waals surface area contributed by atoms with Crippen LogP contribution in [-0.4, -0.2) is 17.9 Å². The highest BCUT2D eigenvalue weighted by Crippen LogP contribution is 2.12. The van der Waals surface area contributed by atoms with Crippen molar-refractivity contribution in [2.45, 2.75) is 20.0 Å². The number of Topliss-reactive ketones (excluding diaryl/α,β-unsaturated/α-hetero) is 1. The Hall–Kier alpha value is -2.42. The third-order valence-electron chi connectivity index (χ3n) is 3.08. The van der Waals surface area contributed by atoms with Crippen LogP contribution in [0.1, 0.15) is 33.2 Å². The predicted octanol–water partition coefficient (Wildman–Crippen LogP) is 3.42. The topological polar surface area (TPSA) is 43.4 Å². The molecule has 102 valence electrons. The molecule has 0 aliphatic rings. The summed E-state index contributed by atoms with van der Waals surface area (Å²) in [4.78, 5) is 24.2. The van der Waals surface area contributed by atoms with E-state index in [0.717, 1.165) is 5.56 Å². The fraction of sp³-hybridized carbons (Fsp3) is 0.176. The predicted molar refractivity (Wildman–Crippen MR) is 76.8 cm³/mol. The fourth-order valence-electron chi connectivity index (χ4n) is 1.92. The monoisotopic (exact) mass is 268 g/mol. The molecule has 0 heterocycles. The van der Waals surface area contributed by atoms with E-state index in [2.05, 4.69) is 0 Å². The maximum atomic E-state index is 12.1. The lowest BCUT2D eigenvalue weighted by Gasteiger charge is -2.13. The summed E-state index contributed by atoms with van der Waals surface area (Å²) >= 11 is 0. The van der Waals surface area contributed by atoms with Crippen LogP contribution in [0.4, 0.5) is 0 Å². The lowest BCUT2D eigenvalue weighted by atomic mass is 10.1. The van der Waals surface area contributed by atoms with Crippen LogP contribution in [0, 0.1) is 6.92 Å². The van der Waals surface area contributed by atoms with Crippen molar-refractivity contribution in [2.75, 3.05) is 0 Å². The second-order valence-corrected chi connectivity index (χ2v) is 4.59. The van der Waals surface area contributed by atoms with Gasteiger partial charge in [0.05, 0.1) is 5.56 Å². The molecule has 0 saturated carbocycles. The molecule has 2 aromatic carbocycles. The zero-order valence-electron chi connectivity index (χ0n) is 11.5. The molecule has 0 spiro atoms. The van der Waals surface area contributed by atoms with Crippen LogP contribution >= 0.6 is 0 Å². The van der Waals surface area contributed by atoms with Gasteiger partial charge in [0.25, 0.3) is 0 Å². The van der Waals surface area contributed by atoms with Crippen LogP contribution in [0.2, 0.25) is 0 Å². The van der Waals surface area contributed by atoms with Crippen molar-refractivity contribution >= 4 is 11.8 Å². The molecule has 3 heteroatoms. The number of ether oxygens (including phenoxy) is 1. The quantitative estimate of drug-likeness (QED) is 0.630. The Balaban J connectivity index is 2.09. The van der Waals surface area contributed by atoms with Crippen molar-refractivity contribution in [3.8, 4) is 0 Å². The van der Waals surface area contributed by atoms with Gasteiger partial charge < -0.3 is 4.74 Å². The third-order valence-corrected chi connectivity index (χ3v) is 3.08. The number of aryl methyl sites for hydroxylation is 1. The average molecular weight is 268 g/mol. The maximum absolute atomic E-state index is 12.1. The van der Waals surface area contributed by atoms with E-state index < -0.39 is 12.1 Å². The van der Waals surface area contributed by atoms with Gasteiger partial charge in [-0.05, 0) is 25.5 Å². The van der Waals surface area contributed by atoms with Crippen molar-refractivity contribution in [2.24, 2.45) is 0 Å². The Kier molecular flexibility index (Phi) is 4.31. The first-order valence-electron chi connectivity index (χ1n) is 6.45. The summed E-state index contributed by atoms with van der Waals surface area (Å²) < 4.78 is 5.24. The van der Waals surface area contributed by atoms with Gasteiger partial charge in [-0.15, -0.1) is 0 Å². The molecule has 0 unspecified atom stereocenters. The van der Waals surface area contributed by atoms with Crippen LogP contribution in [0.25, 0.3) is 0 Å². The van der Waals surface area contributed by atoms with E-state index in [1.165, 1.54) is 0 Å². The number of hydrogen-bond donors (Lipinski definition) is 0. The van der Waals surface area contributed by atoms with Crippen molar-refractivity contribution in [3.05, 3.63) is 71.3 Å². The molecule has 0 aliphatic heterocycles. The first-order chi connectivity index (χ1) is 9.59. The van der Waals surface area contributed by atoms with Gasteiger partial charge in [0.15, 0.2) is 6.10 Å². The molecule has 0 fully saturated rings. The molecule has 3 nitrogen and oxygen atoms in total. The summed E-state index contributed by atoms with van der Waals surface area (Å²) in [5.41, 5.74) is 1.86. The minimum Gasteiger partial charge on any atom is -0.451 e. The maximum Gasteiger partial charge on any atom is 0.339 e. The highest BCUT2D eigenvalue weighted by atomic mass is 16.5. The van der Waals surface area contributed by atoms with Crippen molar-refractivity contribution in [3.63, 3.8) is 0 Å². The van der Waals surface area contributed by atoms with E-state index >= 15 is 0 Å². The summed E-state index contributed by atoms with van der Waals surface area (Å²) in [6, 6.07) is 16.0. The smallest absolute Gasteiger partial charge is 0.339 e. The molecule has 2 aromatic rings. The van der Waals surface area contributed by atoms with E-state index in [1.807, 2.05) is 25.1 Å². The zero-order chi connectivity index (χ0) is 14.5. The Morgan fingerprint density at radius 3 is 2.20 bits per heavy atom. The largest absolute Gasteiger partial charge is 0.451 e. The van der Waals surface area contributed by atoms with E-state index in [0.29, 0.717) is 11.1 Å². The molecule has 0 aliphatic carbocycles. The number of esters is 1. The number of rotatable bonds is 4. The average Bonchev–Trinajstić information content (AvgIpc) is 2.47. The Morgan fingerprint density at radius 2 is 1.55 bits per heavy atom. The summed E-state index contributed by atoms with van der Waals surface area (Å²) in [5, 5.41) is 0. The van der Waals surface area contributed by atoms with Gasteiger partial charge in [-0.2, -0.15) is 0 Å². The first kappa shape index (κ1) is 14.0. The molecule has 0 saturated heterocycles. The van der Waals surface area contributed by atoms with Gasteiger partial charge in [-0.1, -0.05) is 48.5 Å². The zero-order valence-corrected chi connectivity index (χ0v) is 11.5. The van der Waals surface area contributed by atoms with E-state index in [1.54, 1.807) is 43.3 Å². The van der Waals surface area contributed by atoms with Crippen LogP contribution in [0.15, 0.2) is 54.6 Å². The highest BCUT2D eigenvalue weighted by Gasteiger charge is 2.20. The summed E-state index contributed by atoms with van der Waals surface area (Å²) in [6.45, 7) is 3.42. The Labute approximate surface area is 118 Å². The van der Waals surface area contributed by atoms with E-state index in [-0.39, 0.29) is 5.78 Å². The summed E-state index contributed by atoms with van der Waals surface area (Å²) in [7, 11) is 0. The van der Waals surface area contributed by atoms with Crippen LogP contribution in [0.3, 0.4) is 0 Å². The molecule has 0 aromatic heterocycles. The van der Waals surface area contributed by atoms with Gasteiger partial charge in [0.1, 0.15) is 0 Å². The molecule has 0 bridgehead atoms. The number of carbonyl (C=O) groups excluding carboxylic acids is 2. The van der Waals surface area contributed by atoms with Crippen LogP contribution in [0.5, 0.6) is 0 Å². The molecule has 0 radical (unpaired) electrons. The van der Waals surface area contributed by atoms with Crippen LogP contribution < -0.4 is 0 Å². The molecule has 1 atom stereocenters. The first-order valence-corrected chi connectivity index (χ1v) is 6.45. The Morgan fingerprint density at radius 1 is 0.950 bits per heavy atom. The van der Waals surface area contributed by atoms with Crippen LogP contribution in [-0.2, 0) is 4.74 Å². The second-order valence-electron chi connectivity index (χ2n) is 4.59. The molecular weight excluding hydrogens is 252 g/mol. The molecule has 2 rings (SSSR count). The van der Waals surface area contributed by atoms with Gasteiger partial charge in [-0.25, -0.2) is 4.79 Å². The fourth-order valence-corrected chi connectivity index (χ4v) is 1.92. The lowest BCUT2D eigenvalue weighted by molar-refractivity contribution is 0.0318. The minimum atomic E-state index is -0.801. The summed E-state index contributed by atoms with van der Waals surface area (Å²) in [6.07, 6.45) is -0.801. The Bertz CT molecular complexity index is 617. The molecule has 0 amide bonds. The SMILES string of the molecule is Cc1ccccc1C(=O)O[C@H](C)C(=O)c1ccccc1. The second kappa shape index (κ2) is 6.15. The van der Waals surface area contributed by atoms with Crippen molar-refractivity contribution in [1.82, 2.24) is 0 Å². The van der Waals surface area contributed by atoms with E-state index in [4.69, 9.17) is 4.74 Å². The highest BCUT2D eigenvalue weighted by molar-refractivity contribution is 6.01. The van der Waals surface area contributed by atoms with Gasteiger partial charge >= 0.3 is 5.97 Å². The molecular formula is C17H16O3. The normalized spacial score (nSPS) is 11.7. The van der Waals surface area contributed by atoms with Crippen molar-refractivity contribution < 1.29 is 14.3 Å². The minimum absolute atomic E-state index is 0.201. The third kappa shape index (κ3) is 3.12. The number of carbonyl (C=O) groups is 2. The number of hydrogen-bond acceptors (Lipinski definition) is 3. The van der Waals surface area contributed by atoms with Gasteiger partial charge in [0, 0.05) is 5.56 Å². The molecule has 20 heavy (non-hydrogen) atoms. The summed E-state index contributed by atoms with van der Waals surface area (Å²) in [5.74, 6) is -0.674. The lowest BCUT2D eigenvalue weighted by Crippen LogP contribution is -2.24. The number of benzene rings is 2.